The maximum absolute atomic E-state index is 12.5. The lowest BCUT2D eigenvalue weighted by Gasteiger charge is -2.08. The maximum Gasteiger partial charge on any atom is 0.228 e. The summed E-state index contributed by atoms with van der Waals surface area (Å²) in [4.78, 5) is 13.5. The van der Waals surface area contributed by atoms with Crippen molar-refractivity contribution < 1.29 is 4.79 Å². The highest BCUT2D eigenvalue weighted by Gasteiger charge is 2.12. The number of benzene rings is 2. The molecule has 0 aliphatic carbocycles. The summed E-state index contributed by atoms with van der Waals surface area (Å²) in [5.74, 6) is 0.664. The molecule has 1 N–H and O–H groups in total. The molecule has 31 heavy (non-hydrogen) atoms. The Morgan fingerprint density at radius 1 is 1.00 bits per heavy atom. The molecular formula is C24H19N5OS. The standard InChI is InChI=1S/C24H19N5OS/c1-16-7-9-17(10-8-16)14-23(30)25-19-5-2-4-18(15-19)20-11-12-22-26-27-24(29(22)28-20)21-6-3-13-31-21/h2-13,15H,14H2,1H3,(H,25,30). The average molecular weight is 426 g/mol. The fraction of sp³-hybridized carbons (Fsp3) is 0.0833. The van der Waals surface area contributed by atoms with Crippen LogP contribution in [0.4, 0.5) is 5.69 Å². The molecule has 0 atom stereocenters. The zero-order valence-electron chi connectivity index (χ0n) is 16.8. The highest BCUT2D eigenvalue weighted by atomic mass is 32.1. The van der Waals surface area contributed by atoms with E-state index in [2.05, 4.69) is 15.5 Å². The number of rotatable bonds is 5. The van der Waals surface area contributed by atoms with E-state index in [4.69, 9.17) is 5.10 Å². The number of nitrogens with zero attached hydrogens (tertiary/aromatic N) is 4. The Hall–Kier alpha value is -3.84. The lowest BCUT2D eigenvalue weighted by Crippen LogP contribution is -2.14. The van der Waals surface area contributed by atoms with Gasteiger partial charge in [-0.2, -0.15) is 9.61 Å². The monoisotopic (exact) mass is 425 g/mol. The fourth-order valence-corrected chi connectivity index (χ4v) is 4.05. The first-order valence-electron chi connectivity index (χ1n) is 9.88. The van der Waals surface area contributed by atoms with E-state index in [-0.39, 0.29) is 5.91 Å². The third-order valence-electron chi connectivity index (χ3n) is 4.93. The summed E-state index contributed by atoms with van der Waals surface area (Å²) < 4.78 is 1.75. The number of hydrogen-bond acceptors (Lipinski definition) is 5. The molecule has 0 unspecified atom stereocenters. The molecule has 5 rings (SSSR count). The van der Waals surface area contributed by atoms with E-state index in [1.807, 2.05) is 85.1 Å². The summed E-state index contributed by atoms with van der Waals surface area (Å²) in [7, 11) is 0. The number of carbonyl (C=O) groups excluding carboxylic acids is 1. The molecule has 2 aromatic carbocycles. The topological polar surface area (TPSA) is 72.2 Å². The van der Waals surface area contributed by atoms with E-state index in [0.717, 1.165) is 33.2 Å². The van der Waals surface area contributed by atoms with Gasteiger partial charge in [-0.3, -0.25) is 4.79 Å². The van der Waals surface area contributed by atoms with Gasteiger partial charge in [0.15, 0.2) is 11.5 Å². The highest BCUT2D eigenvalue weighted by molar-refractivity contribution is 7.13. The van der Waals surface area contributed by atoms with Gasteiger partial charge in [0.2, 0.25) is 5.91 Å². The van der Waals surface area contributed by atoms with Gasteiger partial charge in [0.1, 0.15) is 0 Å². The Kier molecular flexibility index (Phi) is 5.01. The molecule has 0 aliphatic rings. The van der Waals surface area contributed by atoms with Crippen LogP contribution < -0.4 is 5.32 Å². The van der Waals surface area contributed by atoms with Crippen molar-refractivity contribution in [3.63, 3.8) is 0 Å². The van der Waals surface area contributed by atoms with Crippen LogP contribution in [0.25, 0.3) is 27.6 Å². The number of aryl methyl sites for hydroxylation is 1. The van der Waals surface area contributed by atoms with Crippen molar-refractivity contribution in [2.24, 2.45) is 0 Å². The van der Waals surface area contributed by atoms with Crippen LogP contribution in [0, 0.1) is 6.92 Å². The van der Waals surface area contributed by atoms with Crippen LogP contribution >= 0.6 is 11.3 Å². The molecule has 0 saturated carbocycles. The van der Waals surface area contributed by atoms with Crippen molar-refractivity contribution in [1.29, 1.82) is 0 Å². The number of carbonyl (C=O) groups is 1. The molecule has 0 fully saturated rings. The third kappa shape index (κ3) is 4.08. The SMILES string of the molecule is Cc1ccc(CC(=O)Nc2cccc(-c3ccc4nnc(-c5cccs5)n4n3)c2)cc1. The second kappa shape index (κ2) is 8.12. The molecular weight excluding hydrogens is 406 g/mol. The molecule has 3 aromatic heterocycles. The zero-order chi connectivity index (χ0) is 21.2. The summed E-state index contributed by atoms with van der Waals surface area (Å²) >= 11 is 1.60. The van der Waals surface area contributed by atoms with E-state index in [1.165, 1.54) is 5.56 Å². The van der Waals surface area contributed by atoms with Gasteiger partial charge < -0.3 is 5.32 Å². The van der Waals surface area contributed by atoms with Gasteiger partial charge >= 0.3 is 0 Å². The first-order chi connectivity index (χ1) is 15.2. The Balaban J connectivity index is 1.39. The van der Waals surface area contributed by atoms with Crippen LogP contribution in [0.1, 0.15) is 11.1 Å². The Bertz CT molecular complexity index is 1360. The van der Waals surface area contributed by atoms with Crippen molar-refractivity contribution in [3.8, 4) is 22.0 Å². The molecule has 1 amide bonds. The van der Waals surface area contributed by atoms with Crippen LogP contribution in [-0.2, 0) is 11.2 Å². The summed E-state index contributed by atoms with van der Waals surface area (Å²) in [6.07, 6.45) is 0.333. The molecule has 6 nitrogen and oxygen atoms in total. The van der Waals surface area contributed by atoms with E-state index in [0.29, 0.717) is 12.1 Å². The molecule has 0 saturated heterocycles. The maximum atomic E-state index is 12.5. The molecule has 3 heterocycles. The fourth-order valence-electron chi connectivity index (χ4n) is 3.36. The van der Waals surface area contributed by atoms with E-state index in [9.17, 15) is 4.79 Å². The number of thiophene rings is 1. The van der Waals surface area contributed by atoms with Gasteiger partial charge in [0.25, 0.3) is 0 Å². The molecule has 152 valence electrons. The van der Waals surface area contributed by atoms with Crippen LogP contribution in [0.2, 0.25) is 0 Å². The molecule has 0 aliphatic heterocycles. The van der Waals surface area contributed by atoms with Crippen molar-refractivity contribution >= 4 is 28.6 Å². The van der Waals surface area contributed by atoms with Crippen molar-refractivity contribution in [1.82, 2.24) is 19.8 Å². The largest absolute Gasteiger partial charge is 0.326 e. The predicted molar refractivity (Wildman–Crippen MR) is 123 cm³/mol. The summed E-state index contributed by atoms with van der Waals surface area (Å²) in [6.45, 7) is 2.03. The molecule has 7 heteroatoms. The van der Waals surface area contributed by atoms with Crippen LogP contribution in [0.5, 0.6) is 0 Å². The minimum absolute atomic E-state index is 0.0526. The smallest absolute Gasteiger partial charge is 0.228 e. The number of amides is 1. The third-order valence-corrected chi connectivity index (χ3v) is 5.80. The van der Waals surface area contributed by atoms with Gasteiger partial charge in [-0.1, -0.05) is 48.0 Å². The average Bonchev–Trinajstić information content (AvgIpc) is 3.44. The van der Waals surface area contributed by atoms with Gasteiger partial charge in [0.05, 0.1) is 17.0 Å². The highest BCUT2D eigenvalue weighted by Crippen LogP contribution is 2.25. The van der Waals surface area contributed by atoms with E-state index >= 15 is 0 Å². The van der Waals surface area contributed by atoms with Gasteiger partial charge in [0, 0.05) is 11.3 Å². The van der Waals surface area contributed by atoms with Gasteiger partial charge in [-0.25, -0.2) is 0 Å². The zero-order valence-corrected chi connectivity index (χ0v) is 17.6. The minimum atomic E-state index is -0.0526. The van der Waals surface area contributed by atoms with Crippen molar-refractivity contribution in [2.75, 3.05) is 5.32 Å². The van der Waals surface area contributed by atoms with Crippen LogP contribution in [0.15, 0.2) is 78.2 Å². The van der Waals surface area contributed by atoms with Gasteiger partial charge in [-0.15, -0.1) is 21.5 Å². The van der Waals surface area contributed by atoms with Gasteiger partial charge in [-0.05, 0) is 48.2 Å². The second-order valence-electron chi connectivity index (χ2n) is 7.28. The quantitative estimate of drug-likeness (QED) is 0.430. The minimum Gasteiger partial charge on any atom is -0.326 e. The first kappa shape index (κ1) is 19.1. The molecule has 5 aromatic rings. The molecule has 0 bridgehead atoms. The normalized spacial score (nSPS) is 11.0. The lowest BCUT2D eigenvalue weighted by atomic mass is 10.1. The van der Waals surface area contributed by atoms with Crippen LogP contribution in [-0.4, -0.2) is 25.7 Å². The molecule has 0 radical (unpaired) electrons. The van der Waals surface area contributed by atoms with E-state index in [1.54, 1.807) is 15.9 Å². The summed E-state index contributed by atoms with van der Waals surface area (Å²) in [5.41, 5.74) is 5.27. The number of fused-ring (bicyclic) bond motifs is 1. The van der Waals surface area contributed by atoms with E-state index < -0.39 is 0 Å². The predicted octanol–water partition coefficient (Wildman–Crippen LogP) is 5.01. The summed E-state index contributed by atoms with van der Waals surface area (Å²) in [6, 6.07) is 23.5. The lowest BCUT2D eigenvalue weighted by molar-refractivity contribution is -0.115. The van der Waals surface area contributed by atoms with Crippen molar-refractivity contribution in [2.45, 2.75) is 13.3 Å². The summed E-state index contributed by atoms with van der Waals surface area (Å²) in [5, 5.41) is 18.2. The Morgan fingerprint density at radius 3 is 2.68 bits per heavy atom. The Morgan fingerprint density at radius 2 is 1.87 bits per heavy atom. The molecule has 0 spiro atoms. The first-order valence-corrected chi connectivity index (χ1v) is 10.8. The number of hydrogen-bond donors (Lipinski definition) is 1. The van der Waals surface area contributed by atoms with Crippen LogP contribution in [0.3, 0.4) is 0 Å². The van der Waals surface area contributed by atoms with Crippen molar-refractivity contribution in [3.05, 3.63) is 89.3 Å². The Labute approximate surface area is 183 Å². The number of nitrogens with one attached hydrogen (secondary N) is 1. The number of aromatic nitrogens is 4. The number of anilines is 1. The second-order valence-corrected chi connectivity index (χ2v) is 8.23.